The Hall–Kier alpha value is -0.160. The van der Waals surface area contributed by atoms with E-state index in [1.54, 1.807) is 7.11 Å². The second kappa shape index (κ2) is 7.22. The first-order chi connectivity index (χ1) is 7.69. The number of hydrogen-bond acceptors (Lipinski definition) is 4. The molecule has 4 nitrogen and oxygen atoms in total. The Morgan fingerprint density at radius 1 is 1.50 bits per heavy atom. The molecule has 96 valence electrons. The van der Waals surface area contributed by atoms with Crippen LogP contribution in [0.2, 0.25) is 0 Å². The molecule has 0 aromatic rings. The Kier molecular flexibility index (Phi) is 6.28. The normalized spacial score (nSPS) is 24.2. The van der Waals surface area contributed by atoms with Crippen molar-refractivity contribution in [2.75, 3.05) is 47.4 Å². The minimum Gasteiger partial charge on any atom is -0.383 e. The van der Waals surface area contributed by atoms with Crippen LogP contribution in [-0.4, -0.2) is 69.3 Å². The van der Waals surface area contributed by atoms with Crippen LogP contribution in [0.25, 0.3) is 0 Å². The van der Waals surface area contributed by atoms with Crippen LogP contribution in [0.1, 0.15) is 19.3 Å². The van der Waals surface area contributed by atoms with Crippen molar-refractivity contribution < 1.29 is 4.74 Å². The van der Waals surface area contributed by atoms with E-state index in [9.17, 15) is 0 Å². The van der Waals surface area contributed by atoms with Crippen molar-refractivity contribution in [3.05, 3.63) is 0 Å². The van der Waals surface area contributed by atoms with Crippen molar-refractivity contribution in [1.29, 1.82) is 0 Å². The number of nitrogens with zero attached hydrogens (tertiary/aromatic N) is 2. The summed E-state index contributed by atoms with van der Waals surface area (Å²) in [7, 11) is 6.12. The summed E-state index contributed by atoms with van der Waals surface area (Å²) < 4.78 is 5.31. The van der Waals surface area contributed by atoms with E-state index in [0.29, 0.717) is 12.1 Å². The van der Waals surface area contributed by atoms with E-state index in [4.69, 9.17) is 10.5 Å². The first kappa shape index (κ1) is 13.9. The van der Waals surface area contributed by atoms with Crippen molar-refractivity contribution in [3.8, 4) is 0 Å². The highest BCUT2D eigenvalue weighted by molar-refractivity contribution is 4.85. The molecule has 16 heavy (non-hydrogen) atoms. The number of likely N-dealkylation sites (tertiary alicyclic amines) is 1. The zero-order valence-corrected chi connectivity index (χ0v) is 11.0. The van der Waals surface area contributed by atoms with Crippen LogP contribution in [0.5, 0.6) is 0 Å². The first-order valence-corrected chi connectivity index (χ1v) is 6.28. The molecule has 1 aliphatic rings. The predicted molar refractivity (Wildman–Crippen MR) is 67.6 cm³/mol. The topological polar surface area (TPSA) is 41.7 Å². The Morgan fingerprint density at radius 2 is 2.25 bits per heavy atom. The molecule has 1 aliphatic heterocycles. The van der Waals surface area contributed by atoms with E-state index in [0.717, 1.165) is 26.0 Å². The summed E-state index contributed by atoms with van der Waals surface area (Å²) in [5, 5.41) is 0. The maximum absolute atomic E-state index is 5.58. The van der Waals surface area contributed by atoms with Gasteiger partial charge >= 0.3 is 0 Å². The molecule has 2 atom stereocenters. The molecule has 0 aromatic carbocycles. The van der Waals surface area contributed by atoms with Gasteiger partial charge in [-0.3, -0.25) is 4.90 Å². The lowest BCUT2D eigenvalue weighted by atomic mass is 10.1. The molecular formula is C12H27N3O. The fraction of sp³-hybridized carbons (Fsp3) is 1.00. The van der Waals surface area contributed by atoms with Gasteiger partial charge in [0.15, 0.2) is 0 Å². The van der Waals surface area contributed by atoms with Crippen molar-refractivity contribution in [2.45, 2.75) is 31.3 Å². The van der Waals surface area contributed by atoms with E-state index in [2.05, 4.69) is 23.9 Å². The molecule has 2 unspecified atom stereocenters. The molecule has 1 saturated heterocycles. The van der Waals surface area contributed by atoms with Crippen LogP contribution in [-0.2, 0) is 4.74 Å². The van der Waals surface area contributed by atoms with Crippen molar-refractivity contribution >= 4 is 0 Å². The summed E-state index contributed by atoms with van der Waals surface area (Å²) >= 11 is 0. The van der Waals surface area contributed by atoms with Gasteiger partial charge in [-0.1, -0.05) is 0 Å². The summed E-state index contributed by atoms with van der Waals surface area (Å²) in [6, 6.07) is 1.26. The third-order valence-electron chi connectivity index (χ3n) is 3.54. The summed E-state index contributed by atoms with van der Waals surface area (Å²) in [6.07, 6.45) is 3.53. The summed E-state index contributed by atoms with van der Waals surface area (Å²) in [5.74, 6) is 0. The molecule has 0 bridgehead atoms. The fourth-order valence-electron chi connectivity index (χ4n) is 2.44. The summed E-state index contributed by atoms with van der Waals surface area (Å²) in [4.78, 5) is 4.89. The van der Waals surface area contributed by atoms with Gasteiger partial charge in [0.25, 0.3) is 0 Å². The molecule has 1 fully saturated rings. The van der Waals surface area contributed by atoms with E-state index in [1.807, 2.05) is 0 Å². The Labute approximate surface area is 99.7 Å². The van der Waals surface area contributed by atoms with Gasteiger partial charge in [-0.05, 0) is 39.9 Å². The molecule has 4 heteroatoms. The Balaban J connectivity index is 2.40. The lowest BCUT2D eigenvalue weighted by Crippen LogP contribution is -2.39. The zero-order valence-electron chi connectivity index (χ0n) is 11.0. The van der Waals surface area contributed by atoms with Gasteiger partial charge in [0.05, 0.1) is 6.61 Å². The minimum atomic E-state index is 0.554. The van der Waals surface area contributed by atoms with E-state index < -0.39 is 0 Å². The quantitative estimate of drug-likeness (QED) is 0.685. The number of ether oxygens (including phenoxy) is 1. The van der Waals surface area contributed by atoms with Gasteiger partial charge in [0.2, 0.25) is 0 Å². The highest BCUT2D eigenvalue weighted by Gasteiger charge is 2.28. The van der Waals surface area contributed by atoms with E-state index in [-0.39, 0.29) is 0 Å². The van der Waals surface area contributed by atoms with Crippen LogP contribution < -0.4 is 5.73 Å². The van der Waals surface area contributed by atoms with Crippen LogP contribution in [0.3, 0.4) is 0 Å². The summed E-state index contributed by atoms with van der Waals surface area (Å²) in [6.45, 7) is 3.98. The molecular weight excluding hydrogens is 202 g/mol. The van der Waals surface area contributed by atoms with Gasteiger partial charge < -0.3 is 15.4 Å². The number of rotatable bonds is 7. The largest absolute Gasteiger partial charge is 0.383 e. The number of methoxy groups -OCH3 is 1. The second-order valence-corrected chi connectivity index (χ2v) is 4.94. The minimum absolute atomic E-state index is 0.554. The third kappa shape index (κ3) is 4.01. The molecule has 0 aromatic heterocycles. The number of likely N-dealkylation sites (N-methyl/N-ethyl adjacent to an activating group) is 1. The smallest absolute Gasteiger partial charge is 0.0618 e. The number of hydrogen-bond donors (Lipinski definition) is 1. The first-order valence-electron chi connectivity index (χ1n) is 6.28. The number of nitrogens with two attached hydrogens (primary N) is 1. The van der Waals surface area contributed by atoms with Crippen molar-refractivity contribution in [3.63, 3.8) is 0 Å². The van der Waals surface area contributed by atoms with E-state index >= 15 is 0 Å². The van der Waals surface area contributed by atoms with Gasteiger partial charge in [-0.2, -0.15) is 0 Å². The molecule has 0 radical (unpaired) electrons. The average Bonchev–Trinajstić information content (AvgIpc) is 2.73. The molecule has 2 N–H and O–H groups in total. The summed E-state index contributed by atoms with van der Waals surface area (Å²) in [5.41, 5.74) is 5.58. The standard InChI is InChI=1S/C12H27N3O/c1-14(2)11-6-8-15(9-11)12(10-16-3)5-4-7-13/h11-12H,4-10,13H2,1-3H3. The average molecular weight is 229 g/mol. The van der Waals surface area contributed by atoms with Gasteiger partial charge in [0.1, 0.15) is 0 Å². The lowest BCUT2D eigenvalue weighted by Gasteiger charge is -2.28. The van der Waals surface area contributed by atoms with Crippen LogP contribution in [0.15, 0.2) is 0 Å². The predicted octanol–water partition coefficient (Wildman–Crippen LogP) is 0.376. The van der Waals surface area contributed by atoms with Crippen LogP contribution in [0.4, 0.5) is 0 Å². The molecule has 1 heterocycles. The van der Waals surface area contributed by atoms with Crippen molar-refractivity contribution in [2.24, 2.45) is 5.73 Å². The SMILES string of the molecule is COCC(CCCN)N1CCC(N(C)C)C1. The monoisotopic (exact) mass is 229 g/mol. The highest BCUT2D eigenvalue weighted by Crippen LogP contribution is 2.18. The highest BCUT2D eigenvalue weighted by atomic mass is 16.5. The maximum atomic E-state index is 5.58. The molecule has 0 amide bonds. The molecule has 1 rings (SSSR count). The van der Waals surface area contributed by atoms with Gasteiger partial charge in [-0.15, -0.1) is 0 Å². The second-order valence-electron chi connectivity index (χ2n) is 4.94. The Bertz CT molecular complexity index is 187. The van der Waals surface area contributed by atoms with Crippen LogP contribution >= 0.6 is 0 Å². The Morgan fingerprint density at radius 3 is 2.75 bits per heavy atom. The third-order valence-corrected chi connectivity index (χ3v) is 3.54. The molecule has 0 aliphatic carbocycles. The molecule has 0 saturated carbocycles. The lowest BCUT2D eigenvalue weighted by molar-refractivity contribution is 0.0948. The van der Waals surface area contributed by atoms with Gasteiger partial charge in [-0.25, -0.2) is 0 Å². The zero-order chi connectivity index (χ0) is 12.0. The van der Waals surface area contributed by atoms with Gasteiger partial charge in [0, 0.05) is 32.3 Å². The molecule has 0 spiro atoms. The fourth-order valence-corrected chi connectivity index (χ4v) is 2.44. The van der Waals surface area contributed by atoms with Crippen molar-refractivity contribution in [1.82, 2.24) is 9.80 Å². The van der Waals surface area contributed by atoms with E-state index in [1.165, 1.54) is 19.5 Å². The maximum Gasteiger partial charge on any atom is 0.0618 e. The van der Waals surface area contributed by atoms with Crippen LogP contribution in [0, 0.1) is 0 Å².